The summed E-state index contributed by atoms with van der Waals surface area (Å²) >= 11 is 1.79. The molecule has 3 heteroatoms. The molecule has 4 aromatic rings. The molecule has 157 valence electrons. The van der Waals surface area contributed by atoms with Gasteiger partial charge < -0.3 is 4.74 Å². The van der Waals surface area contributed by atoms with Gasteiger partial charge in [-0.05, 0) is 73.5 Å². The number of thiophene rings is 1. The van der Waals surface area contributed by atoms with E-state index in [0.29, 0.717) is 17.9 Å². The molecule has 0 fully saturated rings. The molecule has 0 unspecified atom stereocenters. The Hall–Kier alpha value is -3.74. The second-order valence-corrected chi connectivity index (χ2v) is 8.75. The molecule has 0 saturated carbocycles. The zero-order chi connectivity index (χ0) is 22.3. The maximum atomic E-state index is 11.6. The fraction of sp³-hybridized carbons (Fsp3) is 0.103. The monoisotopic (exact) mass is 435 g/mol. The van der Waals surface area contributed by atoms with E-state index in [0.717, 1.165) is 16.7 Å². The van der Waals surface area contributed by atoms with E-state index in [9.17, 15) is 5.11 Å². The smallest absolute Gasteiger partial charge is 0.181 e. The summed E-state index contributed by atoms with van der Waals surface area (Å²) in [6.07, 6.45) is 1.99. The summed E-state index contributed by atoms with van der Waals surface area (Å²) in [4.78, 5) is 2.56. The highest BCUT2D eigenvalue weighted by molar-refractivity contribution is 7.15. The number of ether oxygens (including phenoxy) is 1. The third kappa shape index (κ3) is 5.49. The van der Waals surface area contributed by atoms with E-state index in [-0.39, 0.29) is 5.75 Å². The molecule has 0 aliphatic heterocycles. The summed E-state index contributed by atoms with van der Waals surface area (Å²) in [7, 11) is 0. The van der Waals surface area contributed by atoms with Gasteiger partial charge in [0.1, 0.15) is 12.4 Å². The van der Waals surface area contributed by atoms with Gasteiger partial charge in [0.15, 0.2) is 5.75 Å². The lowest BCUT2D eigenvalue weighted by atomic mass is 10.0. The van der Waals surface area contributed by atoms with Crippen LogP contribution in [0.2, 0.25) is 0 Å². The summed E-state index contributed by atoms with van der Waals surface area (Å²) in [5.41, 5.74) is 4.79. The maximum Gasteiger partial charge on any atom is 0.181 e. The van der Waals surface area contributed by atoms with Gasteiger partial charge in [0, 0.05) is 26.5 Å². The van der Waals surface area contributed by atoms with Crippen LogP contribution in [0.25, 0.3) is 16.0 Å². The highest BCUT2D eigenvalue weighted by Gasteiger charge is 2.04. The van der Waals surface area contributed by atoms with Crippen LogP contribution in [0.4, 0.5) is 0 Å². The minimum absolute atomic E-state index is 0.0170. The minimum atomic E-state index is 0.0170. The predicted octanol–water partition coefficient (Wildman–Crippen LogP) is 7.69. The standard InChI is InChI=1S/C29H23O2S/c1-21-20-27(15-16-28(21)30)31-19-18-25(10-9-23-6-4-3-5-7-23)24-11-13-26(14-12-24)29-17-8-22(2)32-29/h3-8,11-18,20H,19H2,1-2H3. The second kappa shape index (κ2) is 10.0. The molecule has 0 atom stereocenters. The molecule has 2 nitrogen and oxygen atoms in total. The molecule has 0 aliphatic carbocycles. The maximum absolute atomic E-state index is 11.6. The molecule has 1 radical (unpaired) electrons. The van der Waals surface area contributed by atoms with Crippen LogP contribution in [0, 0.1) is 25.7 Å². The SMILES string of the molecule is Cc1ccc(-c2ccc(C(C#Cc3ccccc3)=CCOc3ccc([O])c(C)c3)cc2)s1. The molecule has 32 heavy (non-hydrogen) atoms. The van der Waals surface area contributed by atoms with Crippen molar-refractivity contribution in [1.82, 2.24) is 0 Å². The predicted molar refractivity (Wildman–Crippen MR) is 133 cm³/mol. The lowest BCUT2D eigenvalue weighted by Gasteiger charge is -2.07. The van der Waals surface area contributed by atoms with Crippen molar-refractivity contribution in [3.8, 4) is 33.8 Å². The molecule has 4 rings (SSSR count). The molecule has 1 aromatic heterocycles. The molecular weight excluding hydrogens is 412 g/mol. The summed E-state index contributed by atoms with van der Waals surface area (Å²) < 4.78 is 5.86. The minimum Gasteiger partial charge on any atom is -0.489 e. The van der Waals surface area contributed by atoms with Crippen molar-refractivity contribution in [1.29, 1.82) is 0 Å². The van der Waals surface area contributed by atoms with Crippen molar-refractivity contribution in [2.45, 2.75) is 13.8 Å². The summed E-state index contributed by atoms with van der Waals surface area (Å²) in [5.74, 6) is 7.25. The van der Waals surface area contributed by atoms with Crippen LogP contribution in [0.5, 0.6) is 11.5 Å². The van der Waals surface area contributed by atoms with Crippen LogP contribution in [-0.2, 0) is 5.11 Å². The number of benzene rings is 3. The highest BCUT2D eigenvalue weighted by Crippen LogP contribution is 2.29. The molecule has 0 saturated heterocycles. The first-order chi connectivity index (χ1) is 15.6. The molecule has 0 amide bonds. The van der Waals surface area contributed by atoms with Crippen LogP contribution < -0.4 is 4.74 Å². The summed E-state index contributed by atoms with van der Waals surface area (Å²) in [6, 6.07) is 27.7. The van der Waals surface area contributed by atoms with Gasteiger partial charge in [-0.15, -0.1) is 11.3 Å². The van der Waals surface area contributed by atoms with Crippen molar-refractivity contribution in [3.05, 3.63) is 113 Å². The van der Waals surface area contributed by atoms with Crippen molar-refractivity contribution in [2.75, 3.05) is 6.61 Å². The quantitative estimate of drug-likeness (QED) is 0.295. The Kier molecular flexibility index (Phi) is 6.75. The number of allylic oxidation sites excluding steroid dienone is 1. The largest absolute Gasteiger partial charge is 0.489 e. The van der Waals surface area contributed by atoms with E-state index in [4.69, 9.17) is 4.74 Å². The van der Waals surface area contributed by atoms with E-state index < -0.39 is 0 Å². The summed E-state index contributed by atoms with van der Waals surface area (Å²) in [6.45, 7) is 4.27. The fourth-order valence-electron chi connectivity index (χ4n) is 3.24. The Morgan fingerprint density at radius 1 is 0.938 bits per heavy atom. The van der Waals surface area contributed by atoms with E-state index in [1.165, 1.54) is 21.4 Å². The average Bonchev–Trinajstić information content (AvgIpc) is 3.25. The van der Waals surface area contributed by atoms with E-state index in [1.807, 2.05) is 36.4 Å². The summed E-state index contributed by atoms with van der Waals surface area (Å²) in [5, 5.41) is 11.6. The number of hydrogen-bond donors (Lipinski definition) is 0. The zero-order valence-corrected chi connectivity index (χ0v) is 18.9. The van der Waals surface area contributed by atoms with Crippen molar-refractivity contribution < 1.29 is 9.84 Å². The topological polar surface area (TPSA) is 29.1 Å². The van der Waals surface area contributed by atoms with Gasteiger partial charge >= 0.3 is 0 Å². The van der Waals surface area contributed by atoms with Crippen molar-refractivity contribution >= 4 is 16.9 Å². The molecule has 0 aliphatic rings. The van der Waals surface area contributed by atoms with Gasteiger partial charge in [-0.3, -0.25) is 5.11 Å². The Bertz CT molecular complexity index is 1290. The van der Waals surface area contributed by atoms with Crippen molar-refractivity contribution in [3.63, 3.8) is 0 Å². The lowest BCUT2D eigenvalue weighted by Crippen LogP contribution is -1.95. The van der Waals surface area contributed by atoms with Crippen LogP contribution >= 0.6 is 11.3 Å². The third-order valence-corrected chi connectivity index (χ3v) is 6.07. The normalized spacial score (nSPS) is 11.0. The van der Waals surface area contributed by atoms with Gasteiger partial charge in [0.25, 0.3) is 0 Å². The molecule has 1 heterocycles. The van der Waals surface area contributed by atoms with Gasteiger partial charge in [0.05, 0.1) is 0 Å². The Balaban J connectivity index is 1.59. The van der Waals surface area contributed by atoms with Gasteiger partial charge in [-0.2, -0.15) is 0 Å². The van der Waals surface area contributed by atoms with Gasteiger partial charge in [-0.25, -0.2) is 0 Å². The molecule has 3 aromatic carbocycles. The van der Waals surface area contributed by atoms with Crippen LogP contribution in [0.15, 0.2) is 91.0 Å². The van der Waals surface area contributed by atoms with Crippen molar-refractivity contribution in [2.24, 2.45) is 0 Å². The van der Waals surface area contributed by atoms with Crippen LogP contribution in [0.3, 0.4) is 0 Å². The average molecular weight is 436 g/mol. The third-order valence-electron chi connectivity index (χ3n) is 5.02. The number of hydrogen-bond acceptors (Lipinski definition) is 2. The van der Waals surface area contributed by atoms with E-state index >= 15 is 0 Å². The van der Waals surface area contributed by atoms with Crippen LogP contribution in [-0.4, -0.2) is 6.61 Å². The fourth-order valence-corrected chi connectivity index (χ4v) is 4.11. The van der Waals surface area contributed by atoms with Gasteiger partial charge in [0.2, 0.25) is 0 Å². The Morgan fingerprint density at radius 3 is 2.41 bits per heavy atom. The van der Waals surface area contributed by atoms with E-state index in [2.05, 4.69) is 55.2 Å². The Morgan fingerprint density at radius 2 is 1.72 bits per heavy atom. The van der Waals surface area contributed by atoms with Crippen LogP contribution in [0.1, 0.15) is 21.6 Å². The van der Waals surface area contributed by atoms with E-state index in [1.54, 1.807) is 30.4 Å². The highest BCUT2D eigenvalue weighted by atomic mass is 32.1. The number of aryl methyl sites for hydroxylation is 2. The Labute approximate surface area is 193 Å². The molecular formula is C29H23O2S. The first-order valence-electron chi connectivity index (χ1n) is 10.4. The number of rotatable bonds is 5. The zero-order valence-electron chi connectivity index (χ0n) is 18.1. The molecule has 0 N–H and O–H groups in total. The first-order valence-corrected chi connectivity index (χ1v) is 11.2. The molecule has 0 bridgehead atoms. The molecule has 0 spiro atoms. The second-order valence-electron chi connectivity index (χ2n) is 7.46. The van der Waals surface area contributed by atoms with Gasteiger partial charge in [-0.1, -0.05) is 54.3 Å². The first kappa shape index (κ1) is 21.5. The lowest BCUT2D eigenvalue weighted by molar-refractivity contribution is 0.344.